The summed E-state index contributed by atoms with van der Waals surface area (Å²) in [5.74, 6) is -2.25. The van der Waals surface area contributed by atoms with Gasteiger partial charge in [-0.05, 0) is 25.1 Å². The molecule has 7 nitrogen and oxygen atoms in total. The molecular formula is C19H14F2N6OS. The number of hydrogen-bond donors (Lipinski definition) is 1. The van der Waals surface area contributed by atoms with Crippen molar-refractivity contribution in [3.05, 3.63) is 57.7 Å². The molecule has 0 spiro atoms. The summed E-state index contributed by atoms with van der Waals surface area (Å²) in [6.07, 6.45) is 1.78. The topological polar surface area (TPSA) is 107 Å². The maximum atomic E-state index is 13.8. The Bertz CT molecular complexity index is 1120. The van der Waals surface area contributed by atoms with Gasteiger partial charge in [0.25, 0.3) is 5.91 Å². The fraction of sp³-hybridized carbons (Fsp3) is 0.211. The van der Waals surface area contributed by atoms with Crippen molar-refractivity contribution in [1.29, 1.82) is 10.5 Å². The number of aromatic nitrogens is 3. The van der Waals surface area contributed by atoms with Crippen molar-refractivity contribution >= 4 is 17.2 Å². The average molecular weight is 412 g/mol. The zero-order valence-corrected chi connectivity index (χ0v) is 16.0. The van der Waals surface area contributed by atoms with E-state index < -0.39 is 17.2 Å². The molecule has 1 aromatic carbocycles. The van der Waals surface area contributed by atoms with E-state index in [1.807, 2.05) is 6.07 Å². The number of benzene rings is 1. The predicted octanol–water partition coefficient (Wildman–Crippen LogP) is 3.04. The van der Waals surface area contributed by atoms with Crippen molar-refractivity contribution < 1.29 is 13.6 Å². The molecule has 0 radical (unpaired) electrons. The van der Waals surface area contributed by atoms with Gasteiger partial charge < -0.3 is 5.32 Å². The Labute approximate surface area is 168 Å². The van der Waals surface area contributed by atoms with Gasteiger partial charge in [-0.15, -0.1) is 11.3 Å². The smallest absolute Gasteiger partial charge is 0.271 e. The maximum absolute atomic E-state index is 13.8. The number of halogens is 2. The Balaban J connectivity index is 1.66. The monoisotopic (exact) mass is 412 g/mol. The van der Waals surface area contributed by atoms with Crippen LogP contribution < -0.4 is 5.32 Å². The molecule has 0 bridgehead atoms. The Hall–Kier alpha value is -3.63. The summed E-state index contributed by atoms with van der Waals surface area (Å²) in [4.78, 5) is 16.3. The van der Waals surface area contributed by atoms with Crippen molar-refractivity contribution in [3.63, 3.8) is 0 Å². The second-order valence-corrected chi connectivity index (χ2v) is 7.13. The quantitative estimate of drug-likeness (QED) is 0.670. The summed E-state index contributed by atoms with van der Waals surface area (Å²) >= 11 is 1.25. The van der Waals surface area contributed by atoms with E-state index in [0.29, 0.717) is 17.2 Å². The minimum Gasteiger partial charge on any atom is -0.346 e. The highest BCUT2D eigenvalue weighted by molar-refractivity contribution is 7.09. The first kappa shape index (κ1) is 20.1. The van der Waals surface area contributed by atoms with E-state index in [-0.39, 0.29) is 29.6 Å². The molecule has 0 saturated carbocycles. The lowest BCUT2D eigenvalue weighted by atomic mass is 10.1. The summed E-state index contributed by atoms with van der Waals surface area (Å²) < 4.78 is 29.1. The Kier molecular flexibility index (Phi) is 5.96. The number of carbonyl (C=O) groups excluding carboxylic acids is 1. The fourth-order valence-electron chi connectivity index (χ4n) is 2.63. The molecule has 3 aromatic rings. The molecule has 3 rings (SSSR count). The molecule has 2 heterocycles. The standard InChI is InChI=1S/C19H14F2N6OS/c1-11(24-19(28)17-10-29-18(25-17)2-4-22)9-27-5-3-16(26-27)12-6-14(20)13(8-23)15(21)7-12/h3,5-7,10-11H,2,9H2,1H3,(H,24,28)/t11-/m1/s1. The van der Waals surface area contributed by atoms with E-state index in [2.05, 4.69) is 15.4 Å². The highest BCUT2D eigenvalue weighted by Crippen LogP contribution is 2.22. The van der Waals surface area contributed by atoms with Crippen molar-refractivity contribution in [2.45, 2.75) is 25.9 Å². The van der Waals surface area contributed by atoms with Crippen LogP contribution in [-0.2, 0) is 13.0 Å². The first-order valence-electron chi connectivity index (χ1n) is 8.46. The van der Waals surface area contributed by atoms with Gasteiger partial charge in [0.15, 0.2) is 0 Å². The van der Waals surface area contributed by atoms with Crippen LogP contribution in [0, 0.1) is 34.3 Å². The number of hydrogen-bond acceptors (Lipinski definition) is 6. The maximum Gasteiger partial charge on any atom is 0.271 e. The van der Waals surface area contributed by atoms with E-state index in [0.717, 1.165) is 12.1 Å². The third-order valence-electron chi connectivity index (χ3n) is 3.94. The average Bonchev–Trinajstić information content (AvgIpc) is 3.31. The summed E-state index contributed by atoms with van der Waals surface area (Å²) in [6.45, 7) is 2.10. The van der Waals surface area contributed by atoms with E-state index in [4.69, 9.17) is 10.5 Å². The highest BCUT2D eigenvalue weighted by atomic mass is 32.1. The van der Waals surface area contributed by atoms with Gasteiger partial charge in [-0.3, -0.25) is 9.48 Å². The Morgan fingerprint density at radius 3 is 2.72 bits per heavy atom. The van der Waals surface area contributed by atoms with Gasteiger partial charge in [-0.1, -0.05) is 0 Å². The second-order valence-electron chi connectivity index (χ2n) is 6.19. The van der Waals surface area contributed by atoms with E-state index >= 15 is 0 Å². The van der Waals surface area contributed by atoms with Crippen LogP contribution in [-0.4, -0.2) is 26.7 Å². The first-order chi connectivity index (χ1) is 13.9. The lowest BCUT2D eigenvalue weighted by Gasteiger charge is -2.13. The predicted molar refractivity (Wildman–Crippen MR) is 101 cm³/mol. The van der Waals surface area contributed by atoms with Gasteiger partial charge >= 0.3 is 0 Å². The number of rotatable bonds is 6. The Morgan fingerprint density at radius 2 is 2.07 bits per heavy atom. The summed E-state index contributed by atoms with van der Waals surface area (Å²) in [7, 11) is 0. The number of nitriles is 2. The summed E-state index contributed by atoms with van der Waals surface area (Å²) in [6, 6.07) is 6.86. The van der Waals surface area contributed by atoms with Gasteiger partial charge in [0, 0.05) is 23.2 Å². The lowest BCUT2D eigenvalue weighted by molar-refractivity contribution is 0.0931. The molecule has 2 aromatic heterocycles. The second kappa shape index (κ2) is 8.59. The molecule has 0 aliphatic rings. The zero-order chi connectivity index (χ0) is 21.0. The largest absolute Gasteiger partial charge is 0.346 e. The van der Waals surface area contributed by atoms with Gasteiger partial charge in [-0.2, -0.15) is 15.6 Å². The fourth-order valence-corrected chi connectivity index (χ4v) is 3.34. The molecule has 0 saturated heterocycles. The van der Waals surface area contributed by atoms with Crippen molar-refractivity contribution in [1.82, 2.24) is 20.1 Å². The molecule has 146 valence electrons. The van der Waals surface area contributed by atoms with Crippen molar-refractivity contribution in [2.75, 3.05) is 0 Å². The molecule has 0 unspecified atom stereocenters. The van der Waals surface area contributed by atoms with Gasteiger partial charge in [-0.25, -0.2) is 13.8 Å². The van der Waals surface area contributed by atoms with Crippen LogP contribution in [0.2, 0.25) is 0 Å². The number of amides is 1. The van der Waals surface area contributed by atoms with Crippen LogP contribution in [0.5, 0.6) is 0 Å². The van der Waals surface area contributed by atoms with E-state index in [1.54, 1.807) is 24.6 Å². The first-order valence-corrected chi connectivity index (χ1v) is 9.34. The SMILES string of the molecule is C[C@H](Cn1ccc(-c2cc(F)c(C#N)c(F)c2)n1)NC(=O)c1csc(CC#N)n1. The van der Waals surface area contributed by atoms with Gasteiger partial charge in [0.2, 0.25) is 0 Å². The van der Waals surface area contributed by atoms with Gasteiger partial charge in [0.1, 0.15) is 34.0 Å². The lowest BCUT2D eigenvalue weighted by Crippen LogP contribution is -2.36. The molecule has 0 aliphatic carbocycles. The minimum absolute atomic E-state index is 0.153. The summed E-state index contributed by atoms with van der Waals surface area (Å²) in [5, 5.41) is 26.6. The molecule has 1 atom stereocenters. The minimum atomic E-state index is -0.947. The van der Waals surface area contributed by atoms with E-state index in [9.17, 15) is 13.6 Å². The normalized spacial score (nSPS) is 11.5. The molecule has 1 N–H and O–H groups in total. The van der Waals surface area contributed by atoms with Crippen LogP contribution in [0.15, 0.2) is 29.8 Å². The number of thiazole rings is 1. The highest BCUT2D eigenvalue weighted by Gasteiger charge is 2.16. The number of nitrogens with zero attached hydrogens (tertiary/aromatic N) is 5. The van der Waals surface area contributed by atoms with Crippen LogP contribution in [0.25, 0.3) is 11.3 Å². The third-order valence-corrected chi connectivity index (χ3v) is 4.79. The molecule has 1 amide bonds. The third kappa shape index (κ3) is 4.62. The van der Waals surface area contributed by atoms with Crippen molar-refractivity contribution in [2.24, 2.45) is 0 Å². The van der Waals surface area contributed by atoms with Crippen LogP contribution in [0.3, 0.4) is 0 Å². The molecule has 29 heavy (non-hydrogen) atoms. The van der Waals surface area contributed by atoms with Gasteiger partial charge in [0.05, 0.1) is 24.7 Å². The number of carbonyl (C=O) groups is 1. The van der Waals surface area contributed by atoms with Crippen molar-refractivity contribution in [3.8, 4) is 23.4 Å². The number of nitrogens with one attached hydrogen (secondary N) is 1. The molecule has 0 fully saturated rings. The van der Waals surface area contributed by atoms with E-state index in [1.165, 1.54) is 22.1 Å². The molecule has 0 aliphatic heterocycles. The van der Waals surface area contributed by atoms with Crippen LogP contribution in [0.1, 0.15) is 28.0 Å². The zero-order valence-electron chi connectivity index (χ0n) is 15.2. The van der Waals surface area contributed by atoms with Crippen LogP contribution >= 0.6 is 11.3 Å². The molecule has 10 heteroatoms. The summed E-state index contributed by atoms with van der Waals surface area (Å²) in [5.41, 5.74) is 0.162. The Morgan fingerprint density at radius 1 is 1.34 bits per heavy atom. The van der Waals surface area contributed by atoms with Crippen LogP contribution in [0.4, 0.5) is 8.78 Å². The molecular weight excluding hydrogens is 398 g/mol.